The van der Waals surface area contributed by atoms with Crippen molar-refractivity contribution in [3.05, 3.63) is 0 Å². The Bertz CT molecular complexity index is 482. The van der Waals surface area contributed by atoms with Gasteiger partial charge in [-0.15, -0.1) is 0 Å². The maximum atomic E-state index is 12.7. The molecule has 22 heavy (non-hydrogen) atoms. The zero-order valence-electron chi connectivity index (χ0n) is 14.5. The van der Waals surface area contributed by atoms with Crippen molar-refractivity contribution in [2.24, 2.45) is 40.9 Å². The SMILES string of the molecule is CC1C[C@H]2[C@@H]3CC[C@@H]4C[C@](C)(O)CC[C@@H]4[C@H]3CC[C@]2(C)C1=O. The summed E-state index contributed by atoms with van der Waals surface area (Å²) >= 11 is 0. The van der Waals surface area contributed by atoms with Crippen LogP contribution in [0.3, 0.4) is 0 Å². The molecule has 0 bridgehead atoms. The van der Waals surface area contributed by atoms with Gasteiger partial charge >= 0.3 is 0 Å². The van der Waals surface area contributed by atoms with Crippen molar-refractivity contribution < 1.29 is 9.90 Å². The first kappa shape index (κ1) is 15.2. The average molecular weight is 304 g/mol. The lowest BCUT2D eigenvalue weighted by molar-refractivity contribution is -0.136. The molecule has 4 rings (SSSR count). The van der Waals surface area contributed by atoms with Crippen LogP contribution in [0.2, 0.25) is 0 Å². The van der Waals surface area contributed by atoms with E-state index >= 15 is 0 Å². The third kappa shape index (κ3) is 2.05. The Hall–Kier alpha value is -0.370. The molecule has 124 valence electrons. The molecule has 2 nitrogen and oxygen atoms in total. The third-order valence-corrected chi connectivity index (χ3v) is 8.24. The van der Waals surface area contributed by atoms with Crippen molar-refractivity contribution in [2.45, 2.75) is 77.7 Å². The summed E-state index contributed by atoms with van der Waals surface area (Å²) in [5.74, 6) is 4.70. The van der Waals surface area contributed by atoms with Crippen molar-refractivity contribution in [1.82, 2.24) is 0 Å². The van der Waals surface area contributed by atoms with Crippen LogP contribution in [-0.2, 0) is 4.79 Å². The summed E-state index contributed by atoms with van der Waals surface area (Å²) in [6, 6.07) is 0. The number of Topliss-reactive ketones (excluding diaryl/α,β-unsaturated/α-hetero) is 1. The van der Waals surface area contributed by atoms with Crippen LogP contribution in [0.1, 0.15) is 72.1 Å². The minimum Gasteiger partial charge on any atom is -0.390 e. The molecule has 0 aromatic rings. The van der Waals surface area contributed by atoms with Gasteiger partial charge in [0.2, 0.25) is 0 Å². The standard InChI is InChI=1S/C20H32O2/c1-12-10-17-16-5-4-13-11-19(2,22)8-6-14(13)15(16)7-9-20(17,3)18(12)21/h12-17,22H,4-11H2,1-3H3/t12?,13-,14+,15-,16-,17+,19-,20+/m1/s1. The van der Waals surface area contributed by atoms with Gasteiger partial charge in [-0.05, 0) is 87.9 Å². The van der Waals surface area contributed by atoms with Crippen molar-refractivity contribution in [1.29, 1.82) is 0 Å². The van der Waals surface area contributed by atoms with Crippen molar-refractivity contribution in [2.75, 3.05) is 0 Å². The molecule has 0 aromatic carbocycles. The van der Waals surface area contributed by atoms with Gasteiger partial charge < -0.3 is 5.11 Å². The van der Waals surface area contributed by atoms with Gasteiger partial charge in [0.1, 0.15) is 5.78 Å². The monoisotopic (exact) mass is 304 g/mol. The van der Waals surface area contributed by atoms with Gasteiger partial charge in [-0.25, -0.2) is 0 Å². The number of rotatable bonds is 0. The molecule has 4 aliphatic rings. The summed E-state index contributed by atoms with van der Waals surface area (Å²) in [6.07, 6.45) is 9.34. The van der Waals surface area contributed by atoms with Crippen molar-refractivity contribution in [3.63, 3.8) is 0 Å². The minimum atomic E-state index is -0.422. The number of aliphatic hydroxyl groups is 1. The molecule has 0 aliphatic heterocycles. The highest BCUT2D eigenvalue weighted by Gasteiger charge is 2.59. The van der Waals surface area contributed by atoms with E-state index < -0.39 is 5.60 Å². The van der Waals surface area contributed by atoms with E-state index in [2.05, 4.69) is 13.8 Å². The number of hydrogen-bond donors (Lipinski definition) is 1. The van der Waals surface area contributed by atoms with E-state index in [1.54, 1.807) is 0 Å². The Kier molecular flexibility index (Phi) is 3.32. The highest BCUT2D eigenvalue weighted by atomic mass is 16.3. The van der Waals surface area contributed by atoms with Crippen LogP contribution in [0.4, 0.5) is 0 Å². The Morgan fingerprint density at radius 2 is 1.73 bits per heavy atom. The Morgan fingerprint density at radius 3 is 2.50 bits per heavy atom. The van der Waals surface area contributed by atoms with Gasteiger partial charge in [-0.2, -0.15) is 0 Å². The fourth-order valence-electron chi connectivity index (χ4n) is 7.19. The predicted molar refractivity (Wildman–Crippen MR) is 87.3 cm³/mol. The molecule has 1 unspecified atom stereocenters. The minimum absolute atomic E-state index is 0.00637. The van der Waals surface area contributed by atoms with Crippen molar-refractivity contribution in [3.8, 4) is 0 Å². The van der Waals surface area contributed by atoms with E-state index in [1.807, 2.05) is 6.92 Å². The second kappa shape index (κ2) is 4.82. The Labute approximate surface area is 135 Å². The van der Waals surface area contributed by atoms with Gasteiger partial charge in [0.25, 0.3) is 0 Å². The van der Waals surface area contributed by atoms with E-state index in [4.69, 9.17) is 0 Å². The summed E-state index contributed by atoms with van der Waals surface area (Å²) in [4.78, 5) is 12.7. The molecule has 0 aromatic heterocycles. The van der Waals surface area contributed by atoms with Crippen LogP contribution in [0.5, 0.6) is 0 Å². The smallest absolute Gasteiger partial charge is 0.141 e. The van der Waals surface area contributed by atoms with E-state index in [1.165, 1.54) is 25.7 Å². The Morgan fingerprint density at radius 1 is 1.00 bits per heavy atom. The molecule has 0 radical (unpaired) electrons. The molecule has 1 N–H and O–H groups in total. The maximum Gasteiger partial charge on any atom is 0.141 e. The number of ketones is 1. The molecule has 4 fully saturated rings. The number of carbonyl (C=O) groups excluding carboxylic acids is 1. The molecule has 4 saturated carbocycles. The molecule has 8 atom stereocenters. The number of hydrogen-bond acceptors (Lipinski definition) is 2. The largest absolute Gasteiger partial charge is 0.390 e. The van der Waals surface area contributed by atoms with Crippen LogP contribution in [-0.4, -0.2) is 16.5 Å². The zero-order valence-corrected chi connectivity index (χ0v) is 14.5. The lowest BCUT2D eigenvalue weighted by Crippen LogP contribution is -2.50. The van der Waals surface area contributed by atoms with Crippen LogP contribution >= 0.6 is 0 Å². The first-order chi connectivity index (χ1) is 10.3. The second-order valence-electron chi connectivity index (χ2n) is 9.63. The van der Waals surface area contributed by atoms with Crippen LogP contribution in [0.25, 0.3) is 0 Å². The van der Waals surface area contributed by atoms with Gasteiger partial charge in [0.15, 0.2) is 0 Å². The van der Waals surface area contributed by atoms with E-state index in [0.717, 1.165) is 49.4 Å². The zero-order chi connectivity index (χ0) is 15.7. The third-order valence-electron chi connectivity index (χ3n) is 8.24. The molecule has 0 amide bonds. The predicted octanol–water partition coefficient (Wildman–Crippen LogP) is 4.21. The summed E-state index contributed by atoms with van der Waals surface area (Å²) < 4.78 is 0. The fraction of sp³-hybridized carbons (Fsp3) is 0.950. The lowest BCUT2D eigenvalue weighted by atomic mass is 9.50. The number of carbonyl (C=O) groups is 1. The van der Waals surface area contributed by atoms with Gasteiger partial charge in [0.05, 0.1) is 5.60 Å². The molecule has 0 spiro atoms. The fourth-order valence-corrected chi connectivity index (χ4v) is 7.19. The summed E-state index contributed by atoms with van der Waals surface area (Å²) in [7, 11) is 0. The van der Waals surface area contributed by atoms with Crippen LogP contribution in [0.15, 0.2) is 0 Å². The second-order valence-corrected chi connectivity index (χ2v) is 9.63. The molecule has 2 heteroatoms. The number of fused-ring (bicyclic) bond motifs is 5. The molecule has 0 heterocycles. The lowest BCUT2D eigenvalue weighted by Gasteiger charge is -2.55. The molecule has 0 saturated heterocycles. The first-order valence-electron chi connectivity index (χ1n) is 9.58. The molecular formula is C20H32O2. The summed E-state index contributed by atoms with van der Waals surface area (Å²) in [5, 5.41) is 10.4. The van der Waals surface area contributed by atoms with Gasteiger partial charge in [0, 0.05) is 11.3 Å². The molecular weight excluding hydrogens is 272 g/mol. The maximum absolute atomic E-state index is 12.7. The van der Waals surface area contributed by atoms with Gasteiger partial charge in [-0.3, -0.25) is 4.79 Å². The Balaban J connectivity index is 1.58. The molecule has 4 aliphatic carbocycles. The highest BCUT2D eigenvalue weighted by molar-refractivity contribution is 5.89. The quantitative estimate of drug-likeness (QED) is 0.728. The van der Waals surface area contributed by atoms with E-state index in [9.17, 15) is 9.90 Å². The summed E-state index contributed by atoms with van der Waals surface area (Å²) in [6.45, 7) is 6.46. The normalized spacial score (nSPS) is 57.9. The van der Waals surface area contributed by atoms with Crippen LogP contribution < -0.4 is 0 Å². The van der Waals surface area contributed by atoms with E-state index in [0.29, 0.717) is 17.6 Å². The average Bonchev–Trinajstić information content (AvgIpc) is 2.69. The van der Waals surface area contributed by atoms with Crippen LogP contribution in [0, 0.1) is 40.9 Å². The summed E-state index contributed by atoms with van der Waals surface area (Å²) in [5.41, 5.74) is -0.428. The van der Waals surface area contributed by atoms with Crippen molar-refractivity contribution >= 4 is 5.78 Å². The highest BCUT2D eigenvalue weighted by Crippen LogP contribution is 2.62. The first-order valence-corrected chi connectivity index (χ1v) is 9.58. The topological polar surface area (TPSA) is 37.3 Å². The van der Waals surface area contributed by atoms with Gasteiger partial charge in [-0.1, -0.05) is 13.8 Å². The van der Waals surface area contributed by atoms with E-state index in [-0.39, 0.29) is 5.41 Å².